The van der Waals surface area contributed by atoms with Crippen LogP contribution in [0, 0.1) is 11.8 Å². The number of rotatable bonds is 1. The summed E-state index contributed by atoms with van der Waals surface area (Å²) in [6, 6.07) is 15.2. The van der Waals surface area contributed by atoms with Crippen molar-refractivity contribution in [2.24, 2.45) is 0 Å². The Bertz CT molecular complexity index is 561. The van der Waals surface area contributed by atoms with Crippen molar-refractivity contribution in [3.05, 3.63) is 64.7 Å². The molecule has 84 valence electrons. The summed E-state index contributed by atoms with van der Waals surface area (Å²) >= 11 is 6.02. The summed E-state index contributed by atoms with van der Waals surface area (Å²) in [6.45, 7) is 0. The average molecular weight is 243 g/mol. The molecule has 0 aliphatic carbocycles. The SMILES string of the molecule is COc1ccc(C#Cc2ccccc2Cl)cc1. The van der Waals surface area contributed by atoms with E-state index in [-0.39, 0.29) is 0 Å². The van der Waals surface area contributed by atoms with Gasteiger partial charge in [-0.1, -0.05) is 35.6 Å². The van der Waals surface area contributed by atoms with Crippen LogP contribution in [0.4, 0.5) is 0 Å². The molecule has 1 nitrogen and oxygen atoms in total. The smallest absolute Gasteiger partial charge is 0.118 e. The number of ether oxygens (including phenoxy) is 1. The van der Waals surface area contributed by atoms with E-state index in [9.17, 15) is 0 Å². The second kappa shape index (κ2) is 5.43. The number of hydrogen-bond donors (Lipinski definition) is 0. The molecule has 2 aromatic rings. The van der Waals surface area contributed by atoms with E-state index >= 15 is 0 Å². The van der Waals surface area contributed by atoms with Crippen LogP contribution in [0.3, 0.4) is 0 Å². The molecule has 0 heterocycles. The molecule has 2 aromatic carbocycles. The first-order valence-electron chi connectivity index (χ1n) is 5.20. The summed E-state index contributed by atoms with van der Waals surface area (Å²) in [7, 11) is 1.64. The molecule has 0 saturated heterocycles. The fourth-order valence-electron chi connectivity index (χ4n) is 1.38. The molecule has 0 saturated carbocycles. The summed E-state index contributed by atoms with van der Waals surface area (Å²) in [6.07, 6.45) is 0. The highest BCUT2D eigenvalue weighted by Gasteiger charge is 1.93. The summed E-state index contributed by atoms with van der Waals surface area (Å²) < 4.78 is 5.08. The first-order valence-corrected chi connectivity index (χ1v) is 5.58. The zero-order chi connectivity index (χ0) is 12.1. The highest BCUT2D eigenvalue weighted by molar-refractivity contribution is 6.31. The van der Waals surface area contributed by atoms with Crippen molar-refractivity contribution >= 4 is 11.6 Å². The van der Waals surface area contributed by atoms with Gasteiger partial charge in [0.05, 0.1) is 12.1 Å². The van der Waals surface area contributed by atoms with Crippen molar-refractivity contribution in [1.82, 2.24) is 0 Å². The standard InChI is InChI=1S/C15H11ClO/c1-17-14-10-7-12(8-11-14)6-9-13-4-2-3-5-15(13)16/h2-5,7-8,10-11H,1H3. The van der Waals surface area contributed by atoms with Crippen molar-refractivity contribution in [3.8, 4) is 17.6 Å². The quantitative estimate of drug-likeness (QED) is 0.692. The second-order valence-electron chi connectivity index (χ2n) is 3.46. The minimum atomic E-state index is 0.675. The lowest BCUT2D eigenvalue weighted by molar-refractivity contribution is 0.415. The highest BCUT2D eigenvalue weighted by atomic mass is 35.5. The Hall–Kier alpha value is -1.91. The minimum Gasteiger partial charge on any atom is -0.497 e. The summed E-state index contributed by atoms with van der Waals surface area (Å²) in [4.78, 5) is 0. The van der Waals surface area contributed by atoms with Gasteiger partial charge in [-0.25, -0.2) is 0 Å². The molecule has 0 aromatic heterocycles. The molecule has 2 rings (SSSR count). The lowest BCUT2D eigenvalue weighted by atomic mass is 10.2. The van der Waals surface area contributed by atoms with Crippen molar-refractivity contribution in [2.45, 2.75) is 0 Å². The monoisotopic (exact) mass is 242 g/mol. The topological polar surface area (TPSA) is 9.23 Å². The van der Waals surface area contributed by atoms with E-state index in [1.54, 1.807) is 7.11 Å². The number of halogens is 1. The molecular weight excluding hydrogens is 232 g/mol. The van der Waals surface area contributed by atoms with Gasteiger partial charge in [0.1, 0.15) is 5.75 Å². The summed E-state index contributed by atoms with van der Waals surface area (Å²) in [5.41, 5.74) is 1.77. The predicted molar refractivity (Wildman–Crippen MR) is 70.4 cm³/mol. The number of hydrogen-bond acceptors (Lipinski definition) is 1. The van der Waals surface area contributed by atoms with Gasteiger partial charge in [0.2, 0.25) is 0 Å². The third-order valence-electron chi connectivity index (χ3n) is 2.31. The molecule has 0 aliphatic rings. The van der Waals surface area contributed by atoms with Gasteiger partial charge in [-0.2, -0.15) is 0 Å². The molecule has 0 amide bonds. The van der Waals surface area contributed by atoms with E-state index in [0.29, 0.717) is 5.02 Å². The molecular formula is C15H11ClO. The Labute approximate surface area is 106 Å². The maximum absolute atomic E-state index is 6.02. The molecule has 0 aliphatic heterocycles. The molecule has 17 heavy (non-hydrogen) atoms. The summed E-state index contributed by atoms with van der Waals surface area (Å²) in [5.74, 6) is 6.93. The molecule has 0 bridgehead atoms. The van der Waals surface area contributed by atoms with Crippen LogP contribution in [0.25, 0.3) is 0 Å². The lowest BCUT2D eigenvalue weighted by Gasteiger charge is -1.97. The zero-order valence-electron chi connectivity index (χ0n) is 9.41. The molecule has 0 fully saturated rings. The largest absolute Gasteiger partial charge is 0.497 e. The molecule has 0 atom stereocenters. The Morgan fingerprint density at radius 3 is 2.29 bits per heavy atom. The van der Waals surface area contributed by atoms with Gasteiger partial charge < -0.3 is 4.74 Å². The fourth-order valence-corrected chi connectivity index (χ4v) is 1.56. The maximum Gasteiger partial charge on any atom is 0.118 e. The second-order valence-corrected chi connectivity index (χ2v) is 3.87. The minimum absolute atomic E-state index is 0.675. The van der Waals surface area contributed by atoms with Gasteiger partial charge in [-0.05, 0) is 36.4 Å². The van der Waals surface area contributed by atoms with Gasteiger partial charge >= 0.3 is 0 Å². The maximum atomic E-state index is 6.02. The Kier molecular flexibility index (Phi) is 3.69. The van der Waals surface area contributed by atoms with Crippen molar-refractivity contribution in [2.75, 3.05) is 7.11 Å². The van der Waals surface area contributed by atoms with Gasteiger partial charge in [-0.15, -0.1) is 0 Å². The Balaban J connectivity index is 2.24. The Morgan fingerprint density at radius 2 is 1.65 bits per heavy atom. The van der Waals surface area contributed by atoms with Crippen LogP contribution in [0.2, 0.25) is 5.02 Å². The van der Waals surface area contributed by atoms with Crippen LogP contribution in [-0.2, 0) is 0 Å². The number of methoxy groups -OCH3 is 1. The van der Waals surface area contributed by atoms with E-state index in [2.05, 4.69) is 11.8 Å². The highest BCUT2D eigenvalue weighted by Crippen LogP contribution is 2.14. The Morgan fingerprint density at radius 1 is 0.941 bits per heavy atom. The lowest BCUT2D eigenvalue weighted by Crippen LogP contribution is -1.82. The van der Waals surface area contributed by atoms with Crippen LogP contribution in [0.1, 0.15) is 11.1 Å². The van der Waals surface area contributed by atoms with Crippen LogP contribution in [-0.4, -0.2) is 7.11 Å². The van der Waals surface area contributed by atoms with E-state index in [0.717, 1.165) is 16.9 Å². The van der Waals surface area contributed by atoms with Crippen LogP contribution < -0.4 is 4.74 Å². The van der Waals surface area contributed by atoms with Crippen LogP contribution in [0.5, 0.6) is 5.75 Å². The molecule has 0 unspecified atom stereocenters. The van der Waals surface area contributed by atoms with Crippen molar-refractivity contribution in [3.63, 3.8) is 0 Å². The molecule has 0 spiro atoms. The zero-order valence-corrected chi connectivity index (χ0v) is 10.2. The van der Waals surface area contributed by atoms with Crippen LogP contribution >= 0.6 is 11.6 Å². The van der Waals surface area contributed by atoms with E-state index in [1.165, 1.54) is 0 Å². The number of benzene rings is 2. The van der Waals surface area contributed by atoms with Gasteiger partial charge in [0.15, 0.2) is 0 Å². The summed E-state index contributed by atoms with van der Waals surface area (Å²) in [5, 5.41) is 0.675. The van der Waals surface area contributed by atoms with Gasteiger partial charge in [0, 0.05) is 11.1 Å². The predicted octanol–water partition coefficient (Wildman–Crippen LogP) is 3.75. The van der Waals surface area contributed by atoms with Crippen molar-refractivity contribution < 1.29 is 4.74 Å². The third-order valence-corrected chi connectivity index (χ3v) is 2.63. The molecule has 0 N–H and O–H groups in total. The van der Waals surface area contributed by atoms with Crippen LogP contribution in [0.15, 0.2) is 48.5 Å². The average Bonchev–Trinajstić information content (AvgIpc) is 2.38. The molecule has 2 heteroatoms. The van der Waals surface area contributed by atoms with E-state index in [1.807, 2.05) is 48.5 Å². The molecule has 0 radical (unpaired) electrons. The first kappa shape index (κ1) is 11.6. The third kappa shape index (κ3) is 3.03. The van der Waals surface area contributed by atoms with Gasteiger partial charge in [0.25, 0.3) is 0 Å². The van der Waals surface area contributed by atoms with E-state index < -0.39 is 0 Å². The van der Waals surface area contributed by atoms with Crippen molar-refractivity contribution in [1.29, 1.82) is 0 Å². The normalized spacial score (nSPS) is 9.29. The fraction of sp³-hybridized carbons (Fsp3) is 0.0667. The van der Waals surface area contributed by atoms with Gasteiger partial charge in [-0.3, -0.25) is 0 Å². The first-order chi connectivity index (χ1) is 8.29. The van der Waals surface area contributed by atoms with E-state index in [4.69, 9.17) is 16.3 Å².